The maximum Gasteiger partial charge on any atom is 0.254 e. The van der Waals surface area contributed by atoms with E-state index in [1.54, 1.807) is 29.5 Å². The van der Waals surface area contributed by atoms with E-state index >= 15 is 0 Å². The lowest BCUT2D eigenvalue weighted by atomic mass is 10.1. The van der Waals surface area contributed by atoms with Gasteiger partial charge in [0.15, 0.2) is 11.5 Å². The van der Waals surface area contributed by atoms with E-state index in [2.05, 4.69) is 6.07 Å². The van der Waals surface area contributed by atoms with Crippen molar-refractivity contribution in [3.8, 4) is 17.2 Å². The first-order valence-electron chi connectivity index (χ1n) is 10.8. The van der Waals surface area contributed by atoms with Crippen molar-refractivity contribution in [2.45, 2.75) is 32.1 Å². The van der Waals surface area contributed by atoms with Crippen LogP contribution in [0.3, 0.4) is 0 Å². The van der Waals surface area contributed by atoms with Crippen LogP contribution in [0.15, 0.2) is 60.0 Å². The number of thiophene rings is 1. The predicted octanol–water partition coefficient (Wildman–Crippen LogP) is 4.88. The minimum Gasteiger partial charge on any atom is -0.488 e. The van der Waals surface area contributed by atoms with Crippen molar-refractivity contribution in [2.75, 3.05) is 19.9 Å². The zero-order valence-electron chi connectivity index (χ0n) is 17.7. The van der Waals surface area contributed by atoms with E-state index in [9.17, 15) is 4.79 Å². The zero-order chi connectivity index (χ0) is 21.8. The fraction of sp³-hybridized carbons (Fsp3) is 0.320. The smallest absolute Gasteiger partial charge is 0.254 e. The Balaban J connectivity index is 1.28. The van der Waals surface area contributed by atoms with Gasteiger partial charge in [0.1, 0.15) is 12.4 Å². The Bertz CT molecular complexity index is 1040. The molecular formula is C25H25NO5S. The van der Waals surface area contributed by atoms with Crippen LogP contribution >= 0.6 is 11.3 Å². The third-order valence-electron chi connectivity index (χ3n) is 5.61. The number of ether oxygens (including phenoxy) is 4. The molecule has 0 bridgehead atoms. The quantitative estimate of drug-likeness (QED) is 0.489. The van der Waals surface area contributed by atoms with E-state index in [0.29, 0.717) is 36.8 Å². The van der Waals surface area contributed by atoms with Gasteiger partial charge in [-0.25, -0.2) is 0 Å². The van der Waals surface area contributed by atoms with E-state index in [1.807, 2.05) is 40.6 Å². The topological polar surface area (TPSA) is 57.2 Å². The van der Waals surface area contributed by atoms with Gasteiger partial charge in [-0.15, -0.1) is 11.3 Å². The van der Waals surface area contributed by atoms with Crippen LogP contribution < -0.4 is 14.2 Å². The molecule has 1 saturated heterocycles. The minimum absolute atomic E-state index is 0.0446. The molecule has 0 unspecified atom stereocenters. The summed E-state index contributed by atoms with van der Waals surface area (Å²) in [7, 11) is 0. The van der Waals surface area contributed by atoms with Gasteiger partial charge in [-0.2, -0.15) is 0 Å². The lowest BCUT2D eigenvalue weighted by Crippen LogP contribution is -2.37. The summed E-state index contributed by atoms with van der Waals surface area (Å²) in [6.07, 6.45) is 2.08. The Morgan fingerprint density at radius 1 is 1.09 bits per heavy atom. The largest absolute Gasteiger partial charge is 0.488 e. The SMILES string of the molecule is O=C(c1ccc2c(c1)OCO2)N(Cc1ccc(OCc2cccs2)cc1)C[C@H]1CCCO1. The molecule has 2 aliphatic heterocycles. The second-order valence-corrected chi connectivity index (χ2v) is 8.93. The van der Waals surface area contributed by atoms with Crippen LogP contribution in [-0.2, 0) is 17.9 Å². The molecule has 0 saturated carbocycles. The number of rotatable bonds is 8. The van der Waals surface area contributed by atoms with E-state index in [-0.39, 0.29) is 18.8 Å². The van der Waals surface area contributed by atoms with E-state index in [4.69, 9.17) is 18.9 Å². The number of amides is 1. The van der Waals surface area contributed by atoms with Crippen molar-refractivity contribution in [3.63, 3.8) is 0 Å². The van der Waals surface area contributed by atoms with Crippen molar-refractivity contribution in [1.82, 2.24) is 4.90 Å². The number of benzene rings is 2. The average molecular weight is 452 g/mol. The first-order chi connectivity index (χ1) is 15.7. The fourth-order valence-electron chi connectivity index (χ4n) is 3.93. The Hall–Kier alpha value is -3.03. The van der Waals surface area contributed by atoms with Gasteiger partial charge in [0, 0.05) is 30.1 Å². The maximum absolute atomic E-state index is 13.4. The highest BCUT2D eigenvalue weighted by Crippen LogP contribution is 2.33. The van der Waals surface area contributed by atoms with Crippen molar-refractivity contribution < 1.29 is 23.7 Å². The van der Waals surface area contributed by atoms with Crippen molar-refractivity contribution >= 4 is 17.2 Å². The summed E-state index contributed by atoms with van der Waals surface area (Å²) in [5.74, 6) is 2.05. The molecule has 2 aliphatic rings. The maximum atomic E-state index is 13.4. The number of nitrogens with zero attached hydrogens (tertiary/aromatic N) is 1. The molecule has 1 aromatic heterocycles. The molecule has 7 heteroatoms. The van der Waals surface area contributed by atoms with Gasteiger partial charge in [0.25, 0.3) is 5.91 Å². The molecule has 0 spiro atoms. The Morgan fingerprint density at radius 2 is 1.97 bits per heavy atom. The fourth-order valence-corrected chi connectivity index (χ4v) is 4.54. The number of hydrogen-bond acceptors (Lipinski definition) is 6. The monoisotopic (exact) mass is 451 g/mol. The molecule has 0 aliphatic carbocycles. The van der Waals surface area contributed by atoms with Gasteiger partial charge in [-0.1, -0.05) is 18.2 Å². The molecule has 5 rings (SSSR count). The number of fused-ring (bicyclic) bond motifs is 1. The summed E-state index contributed by atoms with van der Waals surface area (Å²) in [4.78, 5) is 16.4. The zero-order valence-corrected chi connectivity index (χ0v) is 18.5. The summed E-state index contributed by atoms with van der Waals surface area (Å²) in [6, 6.07) is 17.4. The molecular weight excluding hydrogens is 426 g/mol. The molecule has 0 radical (unpaired) electrons. The normalized spacial score (nSPS) is 16.8. The van der Waals surface area contributed by atoms with E-state index in [0.717, 1.165) is 30.8 Å². The number of hydrogen-bond donors (Lipinski definition) is 0. The lowest BCUT2D eigenvalue weighted by Gasteiger charge is -2.26. The Labute approximate surface area is 191 Å². The standard InChI is InChI=1S/C25H25NO5S/c27-25(19-7-10-23-24(13-19)31-17-30-23)26(15-21-3-1-11-28-21)14-18-5-8-20(9-6-18)29-16-22-4-2-12-32-22/h2,4-10,12-13,21H,1,3,11,14-17H2/t21-/m1/s1. The third-order valence-corrected chi connectivity index (χ3v) is 6.46. The molecule has 166 valence electrons. The average Bonchev–Trinajstić information content (AvgIpc) is 3.60. The molecule has 3 aromatic rings. The van der Waals surface area contributed by atoms with Crippen LogP contribution in [0.4, 0.5) is 0 Å². The van der Waals surface area contributed by atoms with Crippen molar-refractivity contribution in [2.24, 2.45) is 0 Å². The highest BCUT2D eigenvalue weighted by molar-refractivity contribution is 7.09. The summed E-state index contributed by atoms with van der Waals surface area (Å²) in [5.41, 5.74) is 1.63. The van der Waals surface area contributed by atoms with Gasteiger partial charge in [-0.3, -0.25) is 4.79 Å². The Morgan fingerprint density at radius 3 is 2.75 bits per heavy atom. The van der Waals surface area contributed by atoms with Gasteiger partial charge in [-0.05, 0) is 60.2 Å². The van der Waals surface area contributed by atoms with E-state index in [1.165, 1.54) is 4.88 Å². The minimum atomic E-state index is -0.0446. The lowest BCUT2D eigenvalue weighted by molar-refractivity contribution is 0.0507. The molecule has 1 amide bonds. The summed E-state index contributed by atoms with van der Waals surface area (Å²) in [6.45, 7) is 2.56. The van der Waals surface area contributed by atoms with Gasteiger partial charge < -0.3 is 23.8 Å². The first-order valence-corrected chi connectivity index (χ1v) is 11.7. The molecule has 1 atom stereocenters. The van der Waals surface area contributed by atoms with Crippen LogP contribution in [0.1, 0.15) is 33.6 Å². The number of carbonyl (C=O) groups is 1. The van der Waals surface area contributed by atoms with Crippen LogP contribution in [0.5, 0.6) is 17.2 Å². The van der Waals surface area contributed by atoms with Crippen molar-refractivity contribution in [3.05, 3.63) is 76.0 Å². The molecule has 0 N–H and O–H groups in total. The second kappa shape index (κ2) is 9.63. The molecule has 32 heavy (non-hydrogen) atoms. The summed E-state index contributed by atoms with van der Waals surface area (Å²) in [5, 5.41) is 2.04. The van der Waals surface area contributed by atoms with Crippen LogP contribution in [0.2, 0.25) is 0 Å². The van der Waals surface area contributed by atoms with Gasteiger partial charge in [0.05, 0.1) is 6.10 Å². The van der Waals surface area contributed by atoms with Gasteiger partial charge in [0.2, 0.25) is 6.79 Å². The van der Waals surface area contributed by atoms with Crippen molar-refractivity contribution in [1.29, 1.82) is 0 Å². The van der Waals surface area contributed by atoms with E-state index < -0.39 is 0 Å². The molecule has 2 aromatic carbocycles. The summed E-state index contributed by atoms with van der Waals surface area (Å²) < 4.78 is 22.5. The van der Waals surface area contributed by atoms with Gasteiger partial charge >= 0.3 is 0 Å². The molecule has 1 fully saturated rings. The molecule has 3 heterocycles. The second-order valence-electron chi connectivity index (χ2n) is 7.90. The third kappa shape index (κ3) is 4.89. The number of carbonyl (C=O) groups excluding carboxylic acids is 1. The Kier molecular flexibility index (Phi) is 6.27. The summed E-state index contributed by atoms with van der Waals surface area (Å²) >= 11 is 1.68. The predicted molar refractivity (Wildman–Crippen MR) is 121 cm³/mol. The molecule has 6 nitrogen and oxygen atoms in total. The highest BCUT2D eigenvalue weighted by atomic mass is 32.1. The highest BCUT2D eigenvalue weighted by Gasteiger charge is 2.25. The van der Waals surface area contributed by atoms with Crippen LogP contribution in [-0.4, -0.2) is 36.9 Å². The first kappa shape index (κ1) is 20.8. The van der Waals surface area contributed by atoms with Crippen LogP contribution in [0.25, 0.3) is 0 Å². The van der Waals surface area contributed by atoms with Crippen LogP contribution in [0, 0.1) is 0 Å².